The van der Waals surface area contributed by atoms with E-state index in [9.17, 15) is 4.79 Å². The highest BCUT2D eigenvalue weighted by Crippen LogP contribution is 2.26. The molecule has 108 valence electrons. The van der Waals surface area contributed by atoms with Crippen LogP contribution in [0.4, 0.5) is 0 Å². The smallest absolute Gasteiger partial charge is 0.337 e. The zero-order chi connectivity index (χ0) is 13.8. The SMILES string of the molecule is COC(=O)c1ccc([C@H](N)CCC(C)(C)C)cc1.Cl. The van der Waals surface area contributed by atoms with Crippen LogP contribution in [0.5, 0.6) is 0 Å². The third-order valence-electron chi connectivity index (χ3n) is 2.97. The molecule has 1 atom stereocenters. The first-order chi connectivity index (χ1) is 8.33. The van der Waals surface area contributed by atoms with Gasteiger partial charge < -0.3 is 10.5 Å². The number of halogens is 1. The average Bonchev–Trinajstić information content (AvgIpc) is 2.34. The zero-order valence-corrected chi connectivity index (χ0v) is 12.9. The first kappa shape index (κ1) is 17.9. The van der Waals surface area contributed by atoms with Gasteiger partial charge in [0.05, 0.1) is 12.7 Å². The monoisotopic (exact) mass is 285 g/mol. The van der Waals surface area contributed by atoms with Crippen molar-refractivity contribution in [3.63, 3.8) is 0 Å². The van der Waals surface area contributed by atoms with Crippen LogP contribution in [0.3, 0.4) is 0 Å². The molecule has 0 bridgehead atoms. The van der Waals surface area contributed by atoms with Gasteiger partial charge >= 0.3 is 5.97 Å². The molecule has 0 heterocycles. The molecule has 0 spiro atoms. The third kappa shape index (κ3) is 6.08. The minimum atomic E-state index is -0.315. The highest BCUT2D eigenvalue weighted by atomic mass is 35.5. The number of carbonyl (C=O) groups excluding carboxylic acids is 1. The molecule has 0 aliphatic carbocycles. The van der Waals surface area contributed by atoms with Gasteiger partial charge in [0.25, 0.3) is 0 Å². The van der Waals surface area contributed by atoms with Crippen LogP contribution in [0.15, 0.2) is 24.3 Å². The van der Waals surface area contributed by atoms with Crippen molar-refractivity contribution in [2.75, 3.05) is 7.11 Å². The molecule has 0 saturated carbocycles. The molecule has 0 aliphatic heterocycles. The summed E-state index contributed by atoms with van der Waals surface area (Å²) >= 11 is 0. The molecule has 0 aromatic heterocycles. The number of benzene rings is 1. The van der Waals surface area contributed by atoms with E-state index in [1.165, 1.54) is 7.11 Å². The summed E-state index contributed by atoms with van der Waals surface area (Å²) < 4.78 is 4.66. The molecule has 0 unspecified atom stereocenters. The summed E-state index contributed by atoms with van der Waals surface area (Å²) in [5.41, 5.74) is 8.06. The van der Waals surface area contributed by atoms with Crippen LogP contribution in [0, 0.1) is 5.41 Å². The van der Waals surface area contributed by atoms with E-state index in [-0.39, 0.29) is 24.4 Å². The summed E-state index contributed by atoms with van der Waals surface area (Å²) in [4.78, 5) is 11.3. The lowest BCUT2D eigenvalue weighted by molar-refractivity contribution is 0.0600. The highest BCUT2D eigenvalue weighted by Gasteiger charge is 2.14. The van der Waals surface area contributed by atoms with Crippen molar-refractivity contribution in [3.05, 3.63) is 35.4 Å². The van der Waals surface area contributed by atoms with E-state index < -0.39 is 0 Å². The highest BCUT2D eigenvalue weighted by molar-refractivity contribution is 5.89. The summed E-state index contributed by atoms with van der Waals surface area (Å²) in [6.45, 7) is 6.63. The Bertz CT molecular complexity index is 396. The average molecular weight is 286 g/mol. The summed E-state index contributed by atoms with van der Waals surface area (Å²) in [5.74, 6) is -0.315. The van der Waals surface area contributed by atoms with E-state index in [0.29, 0.717) is 11.0 Å². The van der Waals surface area contributed by atoms with Gasteiger partial charge in [-0.3, -0.25) is 0 Å². The molecule has 0 aliphatic rings. The van der Waals surface area contributed by atoms with Gasteiger partial charge in [0.15, 0.2) is 0 Å². The second-order valence-corrected chi connectivity index (χ2v) is 5.82. The first-order valence-electron chi connectivity index (χ1n) is 6.27. The normalized spacial score (nSPS) is 12.5. The minimum Gasteiger partial charge on any atom is -0.465 e. The lowest BCUT2D eigenvalue weighted by atomic mass is 9.87. The van der Waals surface area contributed by atoms with E-state index >= 15 is 0 Å². The van der Waals surface area contributed by atoms with Crippen LogP contribution in [0.2, 0.25) is 0 Å². The summed E-state index contributed by atoms with van der Waals surface area (Å²) in [6.07, 6.45) is 2.02. The number of carbonyl (C=O) groups is 1. The number of hydrogen-bond donors (Lipinski definition) is 1. The van der Waals surface area contributed by atoms with Crippen molar-refractivity contribution < 1.29 is 9.53 Å². The van der Waals surface area contributed by atoms with Gasteiger partial charge in [-0.05, 0) is 36.0 Å². The van der Waals surface area contributed by atoms with Crippen molar-refractivity contribution in [1.82, 2.24) is 0 Å². The van der Waals surface area contributed by atoms with Gasteiger partial charge in [0, 0.05) is 6.04 Å². The Morgan fingerprint density at radius 1 is 1.26 bits per heavy atom. The number of ether oxygens (including phenoxy) is 1. The van der Waals surface area contributed by atoms with Crippen molar-refractivity contribution in [1.29, 1.82) is 0 Å². The predicted molar refractivity (Wildman–Crippen MR) is 80.6 cm³/mol. The Morgan fingerprint density at radius 2 is 1.79 bits per heavy atom. The Balaban J connectivity index is 0.00000324. The molecule has 4 heteroatoms. The van der Waals surface area contributed by atoms with Crippen LogP contribution >= 0.6 is 12.4 Å². The molecule has 2 N–H and O–H groups in total. The van der Waals surface area contributed by atoms with Gasteiger partial charge in [-0.25, -0.2) is 4.79 Å². The van der Waals surface area contributed by atoms with E-state index in [1.54, 1.807) is 12.1 Å². The van der Waals surface area contributed by atoms with Crippen molar-refractivity contribution in [3.8, 4) is 0 Å². The van der Waals surface area contributed by atoms with Gasteiger partial charge in [0.1, 0.15) is 0 Å². The van der Waals surface area contributed by atoms with Crippen LogP contribution in [-0.2, 0) is 4.74 Å². The molecular weight excluding hydrogens is 262 g/mol. The quantitative estimate of drug-likeness (QED) is 0.858. The largest absolute Gasteiger partial charge is 0.465 e. The number of methoxy groups -OCH3 is 1. The topological polar surface area (TPSA) is 52.3 Å². The van der Waals surface area contributed by atoms with Crippen molar-refractivity contribution in [2.45, 2.75) is 39.7 Å². The van der Waals surface area contributed by atoms with E-state index in [4.69, 9.17) is 5.73 Å². The summed E-state index contributed by atoms with van der Waals surface area (Å²) in [7, 11) is 1.38. The van der Waals surface area contributed by atoms with Crippen LogP contribution in [0.25, 0.3) is 0 Å². The molecular formula is C15H24ClNO2. The maximum atomic E-state index is 11.3. The molecule has 0 radical (unpaired) electrons. The van der Waals surface area contributed by atoms with Gasteiger partial charge in [0.2, 0.25) is 0 Å². The Kier molecular flexibility index (Phi) is 7.09. The second-order valence-electron chi connectivity index (χ2n) is 5.82. The van der Waals surface area contributed by atoms with E-state index in [1.807, 2.05) is 12.1 Å². The fraction of sp³-hybridized carbons (Fsp3) is 0.533. The molecule has 3 nitrogen and oxygen atoms in total. The van der Waals surface area contributed by atoms with Crippen LogP contribution in [-0.4, -0.2) is 13.1 Å². The number of esters is 1. The Hall–Kier alpha value is -1.06. The molecule has 0 saturated heterocycles. The van der Waals surface area contributed by atoms with Crippen molar-refractivity contribution >= 4 is 18.4 Å². The van der Waals surface area contributed by atoms with E-state index in [0.717, 1.165) is 18.4 Å². The molecule has 0 fully saturated rings. The molecule has 1 rings (SSSR count). The Morgan fingerprint density at radius 3 is 2.21 bits per heavy atom. The van der Waals surface area contributed by atoms with Crippen LogP contribution in [0.1, 0.15) is 55.6 Å². The minimum absolute atomic E-state index is 0. The maximum absolute atomic E-state index is 11.3. The van der Waals surface area contributed by atoms with Gasteiger partial charge in [-0.15, -0.1) is 12.4 Å². The predicted octanol–water partition coefficient (Wildman–Crippen LogP) is 3.72. The lowest BCUT2D eigenvalue weighted by Crippen LogP contribution is -2.15. The second kappa shape index (κ2) is 7.51. The van der Waals surface area contributed by atoms with Gasteiger partial charge in [-0.2, -0.15) is 0 Å². The molecule has 19 heavy (non-hydrogen) atoms. The molecule has 0 amide bonds. The molecule has 1 aromatic rings. The number of rotatable bonds is 4. The number of nitrogens with two attached hydrogens (primary N) is 1. The standard InChI is InChI=1S/C15H23NO2.ClH/c1-15(2,3)10-9-13(16)11-5-7-12(8-6-11)14(17)18-4;/h5-8,13H,9-10,16H2,1-4H3;1H/t13-;/m1./s1. The molecule has 1 aromatic carbocycles. The summed E-state index contributed by atoms with van der Waals surface area (Å²) in [5, 5.41) is 0. The fourth-order valence-corrected chi connectivity index (χ4v) is 1.74. The Labute approximate surface area is 121 Å². The van der Waals surface area contributed by atoms with Crippen LogP contribution < -0.4 is 5.73 Å². The first-order valence-corrected chi connectivity index (χ1v) is 6.27. The van der Waals surface area contributed by atoms with Crippen molar-refractivity contribution in [2.24, 2.45) is 11.1 Å². The maximum Gasteiger partial charge on any atom is 0.337 e. The van der Waals surface area contributed by atoms with Gasteiger partial charge in [-0.1, -0.05) is 32.9 Å². The summed E-state index contributed by atoms with van der Waals surface area (Å²) in [6, 6.07) is 7.35. The third-order valence-corrected chi connectivity index (χ3v) is 2.97. The zero-order valence-electron chi connectivity index (χ0n) is 12.1. The fourth-order valence-electron chi connectivity index (χ4n) is 1.74. The number of hydrogen-bond acceptors (Lipinski definition) is 3. The lowest BCUT2D eigenvalue weighted by Gasteiger charge is -2.21. The van der Waals surface area contributed by atoms with E-state index in [2.05, 4.69) is 25.5 Å².